The third-order valence-electron chi connectivity index (χ3n) is 2.13. The van der Waals surface area contributed by atoms with Gasteiger partial charge in [0.2, 0.25) is 0 Å². The van der Waals surface area contributed by atoms with Crippen molar-refractivity contribution in [3.05, 3.63) is 35.8 Å². The van der Waals surface area contributed by atoms with Gasteiger partial charge < -0.3 is 14.6 Å². The van der Waals surface area contributed by atoms with Crippen molar-refractivity contribution >= 4 is 11.6 Å². The summed E-state index contributed by atoms with van der Waals surface area (Å²) in [5, 5.41) is 17.7. The number of hydrogen-bond acceptors (Lipinski definition) is 3. The van der Waals surface area contributed by atoms with Crippen LogP contribution >= 0.6 is 0 Å². The highest BCUT2D eigenvalue weighted by Crippen LogP contribution is 2.11. The summed E-state index contributed by atoms with van der Waals surface area (Å²) in [5.74, 6) is -0.998. The molecule has 2 aromatic rings. The largest absolute Gasteiger partial charge is 0.478 e. The van der Waals surface area contributed by atoms with Crippen LogP contribution in [0.4, 0.5) is 0 Å². The number of fused-ring (bicyclic) bond motifs is 1. The summed E-state index contributed by atoms with van der Waals surface area (Å²) in [5.41, 5.74) is 1.27. The second-order valence-corrected chi connectivity index (χ2v) is 3.16. The van der Waals surface area contributed by atoms with Crippen molar-refractivity contribution in [3.8, 4) is 0 Å². The Hall–Kier alpha value is -1.88. The number of carbonyl (C=O) groups is 1. The number of nitrogens with zero attached hydrogens (tertiary/aromatic N) is 2. The monoisotopic (exact) mass is 206 g/mol. The molecule has 5 heteroatoms. The molecule has 0 radical (unpaired) electrons. The number of pyridine rings is 1. The van der Waals surface area contributed by atoms with E-state index in [9.17, 15) is 4.79 Å². The summed E-state index contributed by atoms with van der Waals surface area (Å²) >= 11 is 0. The van der Waals surface area contributed by atoms with Crippen LogP contribution in [-0.2, 0) is 6.42 Å². The van der Waals surface area contributed by atoms with E-state index in [0.29, 0.717) is 17.8 Å². The number of aliphatic hydroxyl groups is 1. The Labute approximate surface area is 85.6 Å². The molecule has 0 saturated heterocycles. The summed E-state index contributed by atoms with van der Waals surface area (Å²) in [4.78, 5) is 15.0. The number of carboxylic acids is 1. The van der Waals surface area contributed by atoms with Crippen LogP contribution in [0.1, 0.15) is 16.1 Å². The Balaban J connectivity index is 2.59. The molecular formula is C10H10N2O3. The van der Waals surface area contributed by atoms with E-state index in [2.05, 4.69) is 4.98 Å². The molecule has 2 rings (SSSR count). The number of aromatic nitrogens is 2. The Morgan fingerprint density at radius 3 is 3.00 bits per heavy atom. The first-order valence-electron chi connectivity index (χ1n) is 4.53. The highest BCUT2D eigenvalue weighted by molar-refractivity contribution is 5.94. The molecule has 2 heterocycles. The Morgan fingerprint density at radius 1 is 1.53 bits per heavy atom. The number of rotatable bonds is 3. The fraction of sp³-hybridized carbons (Fsp3) is 0.200. The van der Waals surface area contributed by atoms with Crippen molar-refractivity contribution < 1.29 is 15.0 Å². The zero-order chi connectivity index (χ0) is 10.8. The Kier molecular flexibility index (Phi) is 2.39. The van der Waals surface area contributed by atoms with Crippen molar-refractivity contribution in [2.45, 2.75) is 6.42 Å². The molecule has 0 aliphatic heterocycles. The minimum Gasteiger partial charge on any atom is -0.478 e. The maximum Gasteiger partial charge on any atom is 0.339 e. The normalized spacial score (nSPS) is 10.7. The number of imidazole rings is 1. The molecule has 0 aliphatic rings. The maximum absolute atomic E-state index is 10.9. The van der Waals surface area contributed by atoms with E-state index in [-0.39, 0.29) is 12.2 Å². The summed E-state index contributed by atoms with van der Waals surface area (Å²) in [6, 6.07) is 3.16. The maximum atomic E-state index is 10.9. The summed E-state index contributed by atoms with van der Waals surface area (Å²) in [6.45, 7) is 0.00624. The molecule has 2 N–H and O–H groups in total. The van der Waals surface area contributed by atoms with Gasteiger partial charge in [0.25, 0.3) is 0 Å². The minimum atomic E-state index is -0.998. The predicted molar refractivity (Wildman–Crippen MR) is 52.9 cm³/mol. The van der Waals surface area contributed by atoms with Crippen molar-refractivity contribution in [1.29, 1.82) is 0 Å². The van der Waals surface area contributed by atoms with Gasteiger partial charge >= 0.3 is 5.97 Å². The van der Waals surface area contributed by atoms with E-state index in [0.717, 1.165) is 0 Å². The van der Waals surface area contributed by atoms with Crippen LogP contribution in [0, 0.1) is 0 Å². The van der Waals surface area contributed by atoms with Gasteiger partial charge in [-0.25, -0.2) is 9.78 Å². The molecule has 0 spiro atoms. The van der Waals surface area contributed by atoms with Crippen LogP contribution in [0.3, 0.4) is 0 Å². The zero-order valence-corrected chi connectivity index (χ0v) is 7.92. The smallest absolute Gasteiger partial charge is 0.339 e. The van der Waals surface area contributed by atoms with Gasteiger partial charge in [-0.05, 0) is 12.1 Å². The SMILES string of the molecule is O=C(O)c1cccn2cc(CCO)nc12. The lowest BCUT2D eigenvalue weighted by Crippen LogP contribution is -1.99. The molecule has 0 aromatic carbocycles. The molecule has 0 unspecified atom stereocenters. The fourth-order valence-electron chi connectivity index (χ4n) is 1.47. The second kappa shape index (κ2) is 3.70. The van der Waals surface area contributed by atoms with E-state index in [1.807, 2.05) is 0 Å². The van der Waals surface area contributed by atoms with Gasteiger partial charge in [0.1, 0.15) is 5.56 Å². The molecule has 0 amide bonds. The van der Waals surface area contributed by atoms with Gasteiger partial charge in [-0.3, -0.25) is 0 Å². The first kappa shape index (κ1) is 9.67. The van der Waals surface area contributed by atoms with Crippen LogP contribution in [0.15, 0.2) is 24.5 Å². The van der Waals surface area contributed by atoms with Crippen molar-refractivity contribution in [3.63, 3.8) is 0 Å². The first-order chi connectivity index (χ1) is 7.22. The highest BCUT2D eigenvalue weighted by atomic mass is 16.4. The van der Waals surface area contributed by atoms with Crippen molar-refractivity contribution in [1.82, 2.24) is 9.38 Å². The van der Waals surface area contributed by atoms with E-state index < -0.39 is 5.97 Å². The van der Waals surface area contributed by atoms with Crippen LogP contribution in [0.25, 0.3) is 5.65 Å². The average molecular weight is 206 g/mol. The lowest BCUT2D eigenvalue weighted by atomic mass is 10.3. The molecule has 78 valence electrons. The number of aliphatic hydroxyl groups excluding tert-OH is 1. The van der Waals surface area contributed by atoms with Crippen LogP contribution in [0.2, 0.25) is 0 Å². The Bertz CT molecular complexity index is 504. The average Bonchev–Trinajstić information content (AvgIpc) is 2.59. The van der Waals surface area contributed by atoms with Gasteiger partial charge in [0, 0.05) is 25.4 Å². The number of carboxylic acid groups (broad SMARTS) is 1. The summed E-state index contributed by atoms with van der Waals surface area (Å²) < 4.78 is 1.65. The van der Waals surface area contributed by atoms with E-state index >= 15 is 0 Å². The third kappa shape index (κ3) is 1.69. The number of aromatic carboxylic acids is 1. The number of hydrogen-bond donors (Lipinski definition) is 2. The molecule has 0 aliphatic carbocycles. The predicted octanol–water partition coefficient (Wildman–Crippen LogP) is 0.567. The standard InChI is InChI=1S/C10H10N2O3/c13-5-3-7-6-12-4-1-2-8(10(14)15)9(12)11-7/h1-2,4,6,13H,3,5H2,(H,14,15). The first-order valence-corrected chi connectivity index (χ1v) is 4.53. The zero-order valence-electron chi connectivity index (χ0n) is 7.92. The molecular weight excluding hydrogens is 196 g/mol. The molecule has 0 bridgehead atoms. The van der Waals surface area contributed by atoms with Crippen LogP contribution in [0.5, 0.6) is 0 Å². The van der Waals surface area contributed by atoms with Crippen molar-refractivity contribution in [2.75, 3.05) is 6.61 Å². The molecule has 0 fully saturated rings. The van der Waals surface area contributed by atoms with Crippen molar-refractivity contribution in [2.24, 2.45) is 0 Å². The fourth-order valence-corrected chi connectivity index (χ4v) is 1.47. The lowest BCUT2D eigenvalue weighted by Gasteiger charge is -1.96. The van der Waals surface area contributed by atoms with E-state index in [4.69, 9.17) is 10.2 Å². The molecule has 2 aromatic heterocycles. The van der Waals surface area contributed by atoms with Gasteiger partial charge in [0.15, 0.2) is 5.65 Å². The summed E-state index contributed by atoms with van der Waals surface area (Å²) in [6.07, 6.45) is 3.88. The van der Waals surface area contributed by atoms with Crippen LogP contribution < -0.4 is 0 Å². The minimum absolute atomic E-state index is 0.00624. The third-order valence-corrected chi connectivity index (χ3v) is 2.13. The molecule has 0 atom stereocenters. The van der Waals surface area contributed by atoms with Gasteiger partial charge in [-0.1, -0.05) is 0 Å². The summed E-state index contributed by atoms with van der Waals surface area (Å²) in [7, 11) is 0. The van der Waals surface area contributed by atoms with Gasteiger partial charge in [-0.2, -0.15) is 0 Å². The van der Waals surface area contributed by atoms with Gasteiger partial charge in [0.05, 0.1) is 5.69 Å². The molecule has 5 nitrogen and oxygen atoms in total. The quantitative estimate of drug-likeness (QED) is 0.769. The lowest BCUT2D eigenvalue weighted by molar-refractivity contribution is 0.0698. The topological polar surface area (TPSA) is 74.8 Å². The van der Waals surface area contributed by atoms with E-state index in [1.165, 1.54) is 6.07 Å². The van der Waals surface area contributed by atoms with E-state index in [1.54, 1.807) is 22.9 Å². The molecule has 0 saturated carbocycles. The van der Waals surface area contributed by atoms with Gasteiger partial charge in [-0.15, -0.1) is 0 Å². The Morgan fingerprint density at radius 2 is 2.33 bits per heavy atom. The molecule has 15 heavy (non-hydrogen) atoms. The highest BCUT2D eigenvalue weighted by Gasteiger charge is 2.10. The second-order valence-electron chi connectivity index (χ2n) is 3.16. The van der Waals surface area contributed by atoms with Crippen LogP contribution in [-0.4, -0.2) is 32.2 Å².